The van der Waals surface area contributed by atoms with Gasteiger partial charge < -0.3 is 5.32 Å². The minimum absolute atomic E-state index is 0.0646. The highest BCUT2D eigenvalue weighted by molar-refractivity contribution is 6.21. The van der Waals surface area contributed by atoms with Crippen LogP contribution in [0.15, 0.2) is 48.5 Å². The van der Waals surface area contributed by atoms with E-state index in [-0.39, 0.29) is 36.6 Å². The van der Waals surface area contributed by atoms with Gasteiger partial charge in [0.05, 0.1) is 11.1 Å². The molecule has 0 aromatic heterocycles. The smallest absolute Gasteiger partial charge is 0.261 e. The quantitative estimate of drug-likeness (QED) is 0.767. The number of imide groups is 1. The first-order valence-corrected chi connectivity index (χ1v) is 9.26. The molecule has 1 unspecified atom stereocenters. The van der Waals surface area contributed by atoms with Gasteiger partial charge in [-0.1, -0.05) is 48.9 Å². The van der Waals surface area contributed by atoms with Crippen molar-refractivity contribution in [2.75, 3.05) is 13.1 Å². The lowest BCUT2D eigenvalue weighted by atomic mass is 10.0. The molecule has 1 heterocycles. The van der Waals surface area contributed by atoms with Gasteiger partial charge in [0.25, 0.3) is 11.8 Å². The van der Waals surface area contributed by atoms with Crippen LogP contribution >= 0.6 is 0 Å². The number of hydrogen-bond acceptors (Lipinski definition) is 3. The Kier molecular flexibility index (Phi) is 5.69. The number of hydrogen-bond donors (Lipinski definition) is 1. The fourth-order valence-electron chi connectivity index (χ4n) is 3.26. The molecule has 0 saturated carbocycles. The average molecular weight is 364 g/mol. The highest BCUT2D eigenvalue weighted by Crippen LogP contribution is 2.24. The van der Waals surface area contributed by atoms with Crippen LogP contribution in [0.3, 0.4) is 0 Å². The van der Waals surface area contributed by atoms with Crippen molar-refractivity contribution >= 4 is 17.7 Å². The van der Waals surface area contributed by atoms with E-state index in [9.17, 15) is 14.4 Å². The highest BCUT2D eigenvalue weighted by atomic mass is 16.2. The van der Waals surface area contributed by atoms with Crippen LogP contribution in [0.25, 0.3) is 0 Å². The lowest BCUT2D eigenvalue weighted by Gasteiger charge is -2.15. The van der Waals surface area contributed by atoms with E-state index in [1.807, 2.05) is 43.3 Å². The number of nitrogens with one attached hydrogen (secondary N) is 1. The maximum atomic E-state index is 12.4. The molecule has 2 aromatic rings. The summed E-state index contributed by atoms with van der Waals surface area (Å²) in [5.41, 5.74) is 3.04. The third-order valence-corrected chi connectivity index (χ3v) is 4.89. The topological polar surface area (TPSA) is 66.5 Å². The monoisotopic (exact) mass is 364 g/mol. The van der Waals surface area contributed by atoms with Gasteiger partial charge in [0.1, 0.15) is 0 Å². The lowest BCUT2D eigenvalue weighted by Crippen LogP contribution is -2.32. The summed E-state index contributed by atoms with van der Waals surface area (Å²) in [5.74, 6) is -0.371. The van der Waals surface area contributed by atoms with Crippen molar-refractivity contribution < 1.29 is 14.4 Å². The van der Waals surface area contributed by atoms with Gasteiger partial charge in [-0.25, -0.2) is 0 Å². The fraction of sp³-hybridized carbons (Fsp3) is 0.318. The zero-order valence-corrected chi connectivity index (χ0v) is 15.7. The summed E-state index contributed by atoms with van der Waals surface area (Å²) in [5, 5.41) is 2.93. The third kappa shape index (κ3) is 4.25. The van der Waals surface area contributed by atoms with Gasteiger partial charge >= 0.3 is 0 Å². The summed E-state index contributed by atoms with van der Waals surface area (Å²) in [6.45, 7) is 4.78. The summed E-state index contributed by atoms with van der Waals surface area (Å²) >= 11 is 0. The minimum atomic E-state index is -0.270. The van der Waals surface area contributed by atoms with Gasteiger partial charge in [0.2, 0.25) is 5.91 Å². The van der Waals surface area contributed by atoms with Crippen LogP contribution in [0, 0.1) is 6.92 Å². The highest BCUT2D eigenvalue weighted by Gasteiger charge is 2.34. The molecule has 2 aromatic carbocycles. The molecule has 5 heteroatoms. The predicted octanol–water partition coefficient (Wildman–Crippen LogP) is 3.29. The zero-order chi connectivity index (χ0) is 19.4. The Hall–Kier alpha value is -2.95. The third-order valence-electron chi connectivity index (χ3n) is 4.89. The summed E-state index contributed by atoms with van der Waals surface area (Å²) in [6.07, 6.45) is 0.740. The number of benzene rings is 2. The van der Waals surface area contributed by atoms with Crippen molar-refractivity contribution in [3.63, 3.8) is 0 Å². The number of carbonyl (C=O) groups excluding carboxylic acids is 3. The number of rotatable bonds is 7. The van der Waals surface area contributed by atoms with Crippen LogP contribution in [-0.2, 0) is 4.79 Å². The summed E-state index contributed by atoms with van der Waals surface area (Å²) in [4.78, 5) is 38.1. The molecule has 5 nitrogen and oxygen atoms in total. The average Bonchev–Trinajstić information content (AvgIpc) is 2.91. The van der Waals surface area contributed by atoms with Crippen LogP contribution < -0.4 is 5.32 Å². The second-order valence-corrected chi connectivity index (χ2v) is 7.03. The molecule has 1 atom stereocenters. The standard InChI is InChI=1S/C22H24N2O3/c1-15-10-11-18-19(13-15)22(27)24(21(18)26)12-6-9-20(25)23-14-16(2)17-7-4-3-5-8-17/h3-5,7-8,10-11,13,16H,6,9,12,14H2,1-2H3,(H,23,25). The molecule has 140 valence electrons. The molecule has 3 amide bonds. The molecule has 3 rings (SSSR count). The van der Waals surface area contributed by atoms with E-state index in [0.29, 0.717) is 24.1 Å². The molecule has 0 bridgehead atoms. The van der Waals surface area contributed by atoms with Crippen molar-refractivity contribution in [1.29, 1.82) is 0 Å². The molecule has 0 fully saturated rings. The van der Waals surface area contributed by atoms with E-state index in [0.717, 1.165) is 5.56 Å². The van der Waals surface area contributed by atoms with Gasteiger partial charge in [0.15, 0.2) is 0 Å². The second-order valence-electron chi connectivity index (χ2n) is 7.03. The summed E-state index contributed by atoms with van der Waals surface area (Å²) < 4.78 is 0. The van der Waals surface area contributed by atoms with E-state index in [1.165, 1.54) is 10.5 Å². The molecule has 27 heavy (non-hydrogen) atoms. The van der Waals surface area contributed by atoms with E-state index >= 15 is 0 Å². The van der Waals surface area contributed by atoms with Crippen LogP contribution in [-0.4, -0.2) is 35.7 Å². The molecular formula is C22H24N2O3. The molecule has 1 aliphatic rings. The Labute approximate surface area is 159 Å². The van der Waals surface area contributed by atoms with Crippen LogP contribution in [0.1, 0.15) is 57.5 Å². The number of carbonyl (C=O) groups is 3. The van der Waals surface area contributed by atoms with Crippen LogP contribution in [0.5, 0.6) is 0 Å². The Morgan fingerprint density at radius 3 is 2.48 bits per heavy atom. The van der Waals surface area contributed by atoms with E-state index in [1.54, 1.807) is 12.1 Å². The first kappa shape index (κ1) is 18.8. The maximum absolute atomic E-state index is 12.4. The van der Waals surface area contributed by atoms with Gasteiger partial charge in [-0.2, -0.15) is 0 Å². The van der Waals surface area contributed by atoms with Crippen molar-refractivity contribution in [2.24, 2.45) is 0 Å². The van der Waals surface area contributed by atoms with Crippen molar-refractivity contribution in [3.05, 3.63) is 70.8 Å². The van der Waals surface area contributed by atoms with Crippen molar-refractivity contribution in [1.82, 2.24) is 10.2 Å². The van der Waals surface area contributed by atoms with Crippen molar-refractivity contribution in [2.45, 2.75) is 32.6 Å². The normalized spacial score (nSPS) is 14.2. The number of fused-ring (bicyclic) bond motifs is 1. The van der Waals surface area contributed by atoms with E-state index in [4.69, 9.17) is 0 Å². The fourth-order valence-corrected chi connectivity index (χ4v) is 3.26. The van der Waals surface area contributed by atoms with Crippen molar-refractivity contribution in [3.8, 4) is 0 Å². The summed E-state index contributed by atoms with van der Waals surface area (Å²) in [6, 6.07) is 15.3. The van der Waals surface area contributed by atoms with Gasteiger partial charge in [0, 0.05) is 19.5 Å². The SMILES string of the molecule is Cc1ccc2c(c1)C(=O)N(CCCC(=O)NCC(C)c1ccccc1)C2=O. The van der Waals surface area contributed by atoms with E-state index < -0.39 is 0 Å². The first-order valence-electron chi connectivity index (χ1n) is 9.26. The largest absolute Gasteiger partial charge is 0.356 e. The van der Waals surface area contributed by atoms with E-state index in [2.05, 4.69) is 12.2 Å². The molecule has 1 N–H and O–H groups in total. The Bertz CT molecular complexity index is 861. The zero-order valence-electron chi connectivity index (χ0n) is 15.7. The molecule has 0 saturated heterocycles. The minimum Gasteiger partial charge on any atom is -0.356 e. The van der Waals surface area contributed by atoms with Crippen LogP contribution in [0.2, 0.25) is 0 Å². The predicted molar refractivity (Wildman–Crippen MR) is 104 cm³/mol. The molecule has 0 aliphatic carbocycles. The second kappa shape index (κ2) is 8.16. The lowest BCUT2D eigenvalue weighted by molar-refractivity contribution is -0.121. The summed E-state index contributed by atoms with van der Waals surface area (Å²) in [7, 11) is 0. The number of nitrogens with zero attached hydrogens (tertiary/aromatic N) is 1. The first-order chi connectivity index (χ1) is 13.0. The molecule has 0 radical (unpaired) electrons. The van der Waals surface area contributed by atoms with Gasteiger partial charge in [-0.15, -0.1) is 0 Å². The maximum Gasteiger partial charge on any atom is 0.261 e. The molecule has 0 spiro atoms. The van der Waals surface area contributed by atoms with Gasteiger partial charge in [-0.05, 0) is 37.0 Å². The van der Waals surface area contributed by atoms with Crippen LogP contribution in [0.4, 0.5) is 0 Å². The Morgan fingerprint density at radius 2 is 1.74 bits per heavy atom. The molecular weight excluding hydrogens is 340 g/mol. The molecule has 1 aliphatic heterocycles. The Balaban J connectivity index is 1.45. The number of aryl methyl sites for hydroxylation is 1. The van der Waals surface area contributed by atoms with Gasteiger partial charge in [-0.3, -0.25) is 19.3 Å². The Morgan fingerprint density at radius 1 is 1.04 bits per heavy atom. The number of amides is 3.